The molecule has 0 spiro atoms. The quantitative estimate of drug-likeness (QED) is 0.191. The number of aromatic nitrogens is 2. The Morgan fingerprint density at radius 1 is 0.304 bits per heavy atom. The van der Waals surface area contributed by atoms with Crippen LogP contribution in [0.25, 0.3) is 85.7 Å². The Bertz CT molecular complexity index is 2320. The number of rotatable bonds is 5. The maximum Gasteiger partial charge on any atom is 0.124 e. The van der Waals surface area contributed by atoms with Crippen LogP contribution in [0.2, 0.25) is 0 Å². The minimum Gasteiger partial charge on any atom is -0.236 e. The van der Waals surface area contributed by atoms with Crippen molar-refractivity contribution in [3.05, 3.63) is 158 Å². The van der Waals surface area contributed by atoms with E-state index >= 15 is 0 Å². The van der Waals surface area contributed by atoms with Crippen LogP contribution in [0, 0.1) is 0 Å². The first-order valence-corrected chi connectivity index (χ1v) is 16.9. The van der Waals surface area contributed by atoms with Gasteiger partial charge in [-0.25, -0.2) is 9.97 Å². The second kappa shape index (κ2) is 11.2. The molecule has 0 N–H and O–H groups in total. The summed E-state index contributed by atoms with van der Waals surface area (Å²) in [4.78, 5) is 9.75. The number of nitrogens with zero attached hydrogens (tertiary/aromatic N) is 2. The van der Waals surface area contributed by atoms with Crippen molar-refractivity contribution in [2.75, 3.05) is 0 Å². The van der Waals surface area contributed by atoms with Crippen molar-refractivity contribution in [2.24, 2.45) is 0 Å². The van der Waals surface area contributed by atoms with E-state index in [0.717, 1.165) is 32.2 Å². The molecule has 0 aliphatic heterocycles. The Hall–Kier alpha value is -5.42. The molecule has 7 aromatic carbocycles. The van der Waals surface area contributed by atoms with Crippen LogP contribution in [0.15, 0.2) is 158 Å². The highest BCUT2D eigenvalue weighted by Crippen LogP contribution is 2.37. The van der Waals surface area contributed by atoms with Crippen molar-refractivity contribution in [1.82, 2.24) is 9.97 Å². The van der Waals surface area contributed by atoms with Crippen LogP contribution < -0.4 is 0 Å². The van der Waals surface area contributed by atoms with Gasteiger partial charge in [0.25, 0.3) is 0 Å². The van der Waals surface area contributed by atoms with E-state index in [9.17, 15) is 0 Å². The summed E-state index contributed by atoms with van der Waals surface area (Å²) in [7, 11) is 0. The van der Waals surface area contributed by atoms with E-state index < -0.39 is 0 Å². The summed E-state index contributed by atoms with van der Waals surface area (Å²) in [5.41, 5.74) is 11.5. The summed E-state index contributed by atoms with van der Waals surface area (Å²) in [6.07, 6.45) is 0. The van der Waals surface area contributed by atoms with Crippen LogP contribution in [-0.2, 0) is 0 Å². The van der Waals surface area contributed by atoms with Gasteiger partial charge in [-0.05, 0) is 92.7 Å². The predicted octanol–water partition coefficient (Wildman–Crippen LogP) is 12.4. The van der Waals surface area contributed by atoms with Gasteiger partial charge in [0.05, 0.1) is 20.4 Å². The minimum absolute atomic E-state index is 1.05. The highest BCUT2D eigenvalue weighted by molar-refractivity contribution is 7.22. The number of fused-ring (bicyclic) bond motifs is 3. The standard InChI is InChI=1S/C42H26N2S2/c1-2-8-32-23-33(22-17-27(32)7-1)36-25-34(28-13-18-30(19-14-28)41-43-37-9-3-5-11-39(37)45-41)24-35(26-36)29-15-20-31(21-16-29)42-44-38-10-4-6-12-40(38)46-42/h1-26H. The highest BCUT2D eigenvalue weighted by Gasteiger charge is 2.12. The van der Waals surface area contributed by atoms with Crippen molar-refractivity contribution in [2.45, 2.75) is 0 Å². The molecule has 2 aromatic heterocycles. The van der Waals surface area contributed by atoms with Gasteiger partial charge in [0.15, 0.2) is 0 Å². The van der Waals surface area contributed by atoms with Crippen molar-refractivity contribution in [3.8, 4) is 54.5 Å². The molecule has 2 heterocycles. The summed E-state index contributed by atoms with van der Waals surface area (Å²) in [6, 6.07) is 56.6. The van der Waals surface area contributed by atoms with E-state index in [0.29, 0.717) is 0 Å². The van der Waals surface area contributed by atoms with Crippen molar-refractivity contribution in [3.63, 3.8) is 0 Å². The molecule has 2 nitrogen and oxygen atoms in total. The Balaban J connectivity index is 1.12. The molecule has 0 aliphatic rings. The lowest BCUT2D eigenvalue weighted by Gasteiger charge is -2.13. The minimum atomic E-state index is 1.05. The molecule has 0 saturated carbocycles. The first-order chi connectivity index (χ1) is 22.7. The molecule has 0 amide bonds. The van der Waals surface area contributed by atoms with Gasteiger partial charge in [0.2, 0.25) is 0 Å². The molecule has 0 bridgehead atoms. The van der Waals surface area contributed by atoms with Gasteiger partial charge in [-0.2, -0.15) is 0 Å². The predicted molar refractivity (Wildman–Crippen MR) is 197 cm³/mol. The van der Waals surface area contributed by atoms with Crippen LogP contribution in [0.4, 0.5) is 0 Å². The summed E-state index contributed by atoms with van der Waals surface area (Å²) in [6.45, 7) is 0. The van der Waals surface area contributed by atoms with Crippen molar-refractivity contribution in [1.29, 1.82) is 0 Å². The molecular weight excluding hydrogens is 597 g/mol. The lowest BCUT2D eigenvalue weighted by Crippen LogP contribution is -1.87. The smallest absolute Gasteiger partial charge is 0.124 e. The Labute approximate surface area is 274 Å². The fraction of sp³-hybridized carbons (Fsp3) is 0. The normalized spacial score (nSPS) is 11.5. The van der Waals surface area contributed by atoms with Crippen LogP contribution in [-0.4, -0.2) is 9.97 Å². The first kappa shape index (κ1) is 26.9. The molecule has 0 fully saturated rings. The summed E-state index contributed by atoms with van der Waals surface area (Å²) >= 11 is 3.48. The van der Waals surface area contributed by atoms with E-state index in [1.165, 1.54) is 53.6 Å². The lowest BCUT2D eigenvalue weighted by molar-refractivity contribution is 1.47. The zero-order valence-corrected chi connectivity index (χ0v) is 26.4. The summed E-state index contributed by atoms with van der Waals surface area (Å²) in [5.74, 6) is 0. The SMILES string of the molecule is c1ccc2cc(-c3cc(-c4ccc(-c5nc6ccccc6s5)cc4)cc(-c4ccc(-c5nc6ccccc6s5)cc4)c3)ccc2c1. The second-order valence-electron chi connectivity index (χ2n) is 11.5. The molecule has 0 aliphatic carbocycles. The van der Waals surface area contributed by atoms with Crippen LogP contribution in [0.1, 0.15) is 0 Å². The van der Waals surface area contributed by atoms with E-state index in [4.69, 9.17) is 9.97 Å². The summed E-state index contributed by atoms with van der Waals surface area (Å²) in [5, 5.41) is 4.59. The second-order valence-corrected chi connectivity index (χ2v) is 13.6. The Kier molecular flexibility index (Phi) is 6.55. The van der Waals surface area contributed by atoms with Gasteiger partial charge in [-0.3, -0.25) is 0 Å². The maximum absolute atomic E-state index is 4.87. The van der Waals surface area contributed by atoms with Gasteiger partial charge in [-0.15, -0.1) is 22.7 Å². The molecule has 0 atom stereocenters. The summed E-state index contributed by atoms with van der Waals surface area (Å²) < 4.78 is 2.42. The van der Waals surface area contributed by atoms with Gasteiger partial charge < -0.3 is 0 Å². The van der Waals surface area contributed by atoms with E-state index in [1.54, 1.807) is 22.7 Å². The molecule has 0 unspecified atom stereocenters. The lowest BCUT2D eigenvalue weighted by atomic mass is 9.92. The monoisotopic (exact) mass is 622 g/mol. The van der Waals surface area contributed by atoms with Gasteiger partial charge in [0.1, 0.15) is 10.0 Å². The van der Waals surface area contributed by atoms with E-state index in [-0.39, 0.29) is 0 Å². The average Bonchev–Trinajstić information content (AvgIpc) is 3.76. The van der Waals surface area contributed by atoms with Gasteiger partial charge in [-0.1, -0.05) is 109 Å². The fourth-order valence-electron chi connectivity index (χ4n) is 6.10. The van der Waals surface area contributed by atoms with Crippen LogP contribution in [0.5, 0.6) is 0 Å². The van der Waals surface area contributed by atoms with E-state index in [2.05, 4.69) is 146 Å². The molecule has 46 heavy (non-hydrogen) atoms. The highest BCUT2D eigenvalue weighted by atomic mass is 32.1. The fourth-order valence-corrected chi connectivity index (χ4v) is 8.04. The van der Waals surface area contributed by atoms with Crippen molar-refractivity contribution >= 4 is 53.9 Å². The topological polar surface area (TPSA) is 25.8 Å². The number of benzene rings is 7. The first-order valence-electron chi connectivity index (χ1n) is 15.3. The van der Waals surface area contributed by atoms with Gasteiger partial charge >= 0.3 is 0 Å². The molecule has 4 heteroatoms. The molecule has 216 valence electrons. The molecule has 9 aromatic rings. The zero-order chi connectivity index (χ0) is 30.5. The van der Waals surface area contributed by atoms with Crippen LogP contribution >= 0.6 is 22.7 Å². The number of para-hydroxylation sites is 2. The maximum atomic E-state index is 4.87. The third-order valence-electron chi connectivity index (χ3n) is 8.53. The van der Waals surface area contributed by atoms with Crippen LogP contribution in [0.3, 0.4) is 0 Å². The van der Waals surface area contributed by atoms with E-state index in [1.807, 2.05) is 12.1 Å². The average molecular weight is 623 g/mol. The molecular formula is C42H26N2S2. The molecule has 0 radical (unpaired) electrons. The molecule has 0 saturated heterocycles. The third kappa shape index (κ3) is 4.98. The molecule has 9 rings (SSSR count). The Morgan fingerprint density at radius 3 is 1.24 bits per heavy atom. The van der Waals surface area contributed by atoms with Crippen molar-refractivity contribution < 1.29 is 0 Å². The van der Waals surface area contributed by atoms with Gasteiger partial charge in [0, 0.05) is 11.1 Å². The largest absolute Gasteiger partial charge is 0.236 e. The Morgan fingerprint density at radius 2 is 0.717 bits per heavy atom. The third-order valence-corrected chi connectivity index (χ3v) is 10.7. The zero-order valence-electron chi connectivity index (χ0n) is 24.7. The number of hydrogen-bond acceptors (Lipinski definition) is 4. The number of hydrogen-bond donors (Lipinski definition) is 0. The number of thiazole rings is 2.